The van der Waals surface area contributed by atoms with Gasteiger partial charge in [-0.3, -0.25) is 9.52 Å². The lowest BCUT2D eigenvalue weighted by Crippen LogP contribution is -2.10. The van der Waals surface area contributed by atoms with E-state index in [1.54, 1.807) is 32.0 Å². The molecular weight excluding hydrogens is 530 g/mol. The van der Waals surface area contributed by atoms with E-state index in [1.807, 2.05) is 0 Å². The Morgan fingerprint density at radius 2 is 1.85 bits per heavy atom. The number of carbonyl (C=O) groups excluding carboxylic acids is 1. The van der Waals surface area contributed by atoms with Gasteiger partial charge in [-0.15, -0.1) is 0 Å². The summed E-state index contributed by atoms with van der Waals surface area (Å²) >= 11 is 0. The maximum Gasteiger partial charge on any atom is 0.229 e. The van der Waals surface area contributed by atoms with Crippen molar-refractivity contribution in [2.75, 3.05) is 16.7 Å². The zero-order valence-electron chi connectivity index (χ0n) is 20.9. The lowest BCUT2D eigenvalue weighted by atomic mass is 10.1. The second-order valence-corrected chi connectivity index (χ2v) is 10.7. The van der Waals surface area contributed by atoms with Crippen molar-refractivity contribution in [3.8, 4) is 17.3 Å². The average Bonchev–Trinajstić information content (AvgIpc) is 3.43. The number of pyridine rings is 1. The fraction of sp³-hybridized carbons (Fsp3) is 0.115. The van der Waals surface area contributed by atoms with Gasteiger partial charge in [0, 0.05) is 23.0 Å². The monoisotopic (exact) mass is 552 g/mol. The topological polar surface area (TPSA) is 145 Å². The van der Waals surface area contributed by atoms with Gasteiger partial charge >= 0.3 is 0 Å². The number of ketones is 1. The number of halogens is 2. The van der Waals surface area contributed by atoms with Crippen molar-refractivity contribution in [2.24, 2.45) is 0 Å². The number of hydrogen-bond donors (Lipinski definition) is 3. The molecule has 200 valence electrons. The molecule has 0 spiro atoms. The first-order chi connectivity index (χ1) is 18.4. The molecule has 10 nitrogen and oxygen atoms in total. The van der Waals surface area contributed by atoms with Crippen LogP contribution in [0.4, 0.5) is 20.3 Å². The van der Waals surface area contributed by atoms with Crippen molar-refractivity contribution in [1.29, 1.82) is 0 Å². The number of benzene rings is 2. The predicted molar refractivity (Wildman–Crippen MR) is 142 cm³/mol. The molecule has 3 aromatic heterocycles. The molecule has 0 amide bonds. The molecule has 0 atom stereocenters. The minimum absolute atomic E-state index is 0.0286. The zero-order valence-corrected chi connectivity index (χ0v) is 21.7. The van der Waals surface area contributed by atoms with Crippen LogP contribution >= 0.6 is 0 Å². The van der Waals surface area contributed by atoms with Crippen molar-refractivity contribution in [1.82, 2.24) is 19.7 Å². The number of rotatable bonds is 7. The normalized spacial score (nSPS) is 11.6. The summed E-state index contributed by atoms with van der Waals surface area (Å²) in [4.78, 5) is 20.5. The van der Waals surface area contributed by atoms with Gasteiger partial charge in [0.15, 0.2) is 11.6 Å². The molecule has 13 heteroatoms. The van der Waals surface area contributed by atoms with E-state index in [9.17, 15) is 22.0 Å². The van der Waals surface area contributed by atoms with E-state index in [0.717, 1.165) is 24.5 Å². The Labute approximate surface area is 221 Å². The maximum atomic E-state index is 13.9. The summed E-state index contributed by atoms with van der Waals surface area (Å²) < 4.78 is 59.9. The van der Waals surface area contributed by atoms with E-state index < -0.39 is 27.4 Å². The molecule has 0 aliphatic carbocycles. The summed E-state index contributed by atoms with van der Waals surface area (Å²) in [5.41, 5.74) is 9.35. The molecule has 4 N–H and O–H groups in total. The summed E-state index contributed by atoms with van der Waals surface area (Å²) in [6.07, 6.45) is 3.78. The molecule has 0 radical (unpaired) electrons. The first-order valence-electron chi connectivity index (χ1n) is 11.5. The highest BCUT2D eigenvalue weighted by Crippen LogP contribution is 2.29. The first kappa shape index (κ1) is 25.9. The summed E-state index contributed by atoms with van der Waals surface area (Å²) in [7, 11) is -3.48. The number of nitrogens with zero attached hydrogens (tertiary/aromatic N) is 3. The first-order valence-corrected chi connectivity index (χ1v) is 13.4. The lowest BCUT2D eigenvalue weighted by molar-refractivity contribution is 0.103. The van der Waals surface area contributed by atoms with E-state index in [2.05, 4.69) is 19.8 Å². The molecule has 39 heavy (non-hydrogen) atoms. The number of aromatic nitrogens is 4. The Balaban J connectivity index is 1.43. The quantitative estimate of drug-likeness (QED) is 0.250. The molecule has 0 aliphatic heterocycles. The van der Waals surface area contributed by atoms with Crippen molar-refractivity contribution in [3.05, 3.63) is 88.9 Å². The van der Waals surface area contributed by atoms with Gasteiger partial charge in [-0.05, 0) is 55.3 Å². The summed E-state index contributed by atoms with van der Waals surface area (Å²) in [6.45, 7) is 3.47. The summed E-state index contributed by atoms with van der Waals surface area (Å²) in [6, 6.07) is 9.38. The Morgan fingerprint density at radius 3 is 2.56 bits per heavy atom. The van der Waals surface area contributed by atoms with Gasteiger partial charge in [-0.2, -0.15) is 5.10 Å². The number of nitrogen functional groups attached to an aromatic ring is 1. The van der Waals surface area contributed by atoms with Crippen LogP contribution in [0.5, 0.6) is 11.6 Å². The second kappa shape index (κ2) is 9.51. The van der Waals surface area contributed by atoms with Crippen LogP contribution in [0.2, 0.25) is 0 Å². The van der Waals surface area contributed by atoms with Crippen LogP contribution < -0.4 is 15.2 Å². The number of anilines is 2. The van der Waals surface area contributed by atoms with E-state index in [4.69, 9.17) is 10.5 Å². The Bertz CT molecular complexity index is 1880. The third-order valence-corrected chi connectivity index (χ3v) is 6.54. The Hall–Kier alpha value is -4.78. The fourth-order valence-corrected chi connectivity index (χ4v) is 4.68. The van der Waals surface area contributed by atoms with Crippen molar-refractivity contribution >= 4 is 38.2 Å². The second-order valence-electron chi connectivity index (χ2n) is 8.98. The Morgan fingerprint density at radius 1 is 1.08 bits per heavy atom. The molecule has 0 saturated heterocycles. The number of aromatic amines is 1. The van der Waals surface area contributed by atoms with Gasteiger partial charge in [0.2, 0.25) is 21.7 Å². The van der Waals surface area contributed by atoms with Gasteiger partial charge in [0.25, 0.3) is 0 Å². The fourth-order valence-electron chi connectivity index (χ4n) is 4.07. The van der Waals surface area contributed by atoms with Crippen LogP contribution in [0.15, 0.2) is 54.9 Å². The molecule has 0 saturated carbocycles. The van der Waals surface area contributed by atoms with Crippen LogP contribution in [0.1, 0.15) is 27.2 Å². The standard InChI is InChI=1S/C26H22F2N6O4S/c1-13-6-15-8-21(32-20(15)10-19(13)33-39(3,36)37)25(35)17-11-31-34(26(17)29)22-12-30-24(7-14(22)2)38-23-9-16(27)4-5-18(23)28/h4-12,32-33H,29H2,1-3H3. The smallest absolute Gasteiger partial charge is 0.229 e. The van der Waals surface area contributed by atoms with Crippen LogP contribution in [0.25, 0.3) is 16.6 Å². The van der Waals surface area contributed by atoms with E-state index in [1.165, 1.54) is 23.1 Å². The van der Waals surface area contributed by atoms with Gasteiger partial charge in [-0.25, -0.2) is 26.9 Å². The SMILES string of the molecule is Cc1cc2cc(C(=O)c3cnn(-c4cnc(Oc5cc(F)ccc5F)cc4C)c3N)[nH]c2cc1NS(C)(=O)=O. The van der Waals surface area contributed by atoms with Crippen LogP contribution in [-0.4, -0.2) is 40.2 Å². The van der Waals surface area contributed by atoms with Gasteiger partial charge < -0.3 is 15.5 Å². The molecule has 0 fully saturated rings. The molecule has 3 heterocycles. The molecule has 5 aromatic rings. The van der Waals surface area contributed by atoms with Crippen LogP contribution in [0.3, 0.4) is 0 Å². The van der Waals surface area contributed by atoms with Gasteiger partial charge in [0.1, 0.15) is 11.6 Å². The van der Waals surface area contributed by atoms with Crippen molar-refractivity contribution < 1.29 is 26.7 Å². The minimum Gasteiger partial charge on any atom is -0.436 e. The number of hydrogen-bond acceptors (Lipinski definition) is 7. The van der Waals surface area contributed by atoms with E-state index in [0.29, 0.717) is 33.4 Å². The zero-order chi connectivity index (χ0) is 28.1. The number of nitrogens with one attached hydrogen (secondary N) is 2. The summed E-state index contributed by atoms with van der Waals surface area (Å²) in [5.74, 6) is -2.04. The van der Waals surface area contributed by atoms with Crippen LogP contribution in [-0.2, 0) is 10.0 Å². The van der Waals surface area contributed by atoms with E-state index >= 15 is 0 Å². The average molecular weight is 553 g/mol. The highest BCUT2D eigenvalue weighted by Gasteiger charge is 2.21. The van der Waals surface area contributed by atoms with Gasteiger partial charge in [-0.1, -0.05) is 0 Å². The molecule has 0 aliphatic rings. The Kier molecular flexibility index (Phi) is 6.30. The molecule has 2 aromatic carbocycles. The number of carbonyl (C=O) groups is 1. The maximum absolute atomic E-state index is 13.9. The molecule has 5 rings (SSSR count). The summed E-state index contributed by atoms with van der Waals surface area (Å²) in [5, 5.41) is 4.96. The third-order valence-electron chi connectivity index (χ3n) is 5.95. The number of fused-ring (bicyclic) bond motifs is 1. The number of ether oxygens (including phenoxy) is 1. The van der Waals surface area contributed by atoms with E-state index in [-0.39, 0.29) is 28.7 Å². The van der Waals surface area contributed by atoms with Crippen LogP contribution in [0, 0.1) is 25.5 Å². The lowest BCUT2D eigenvalue weighted by Gasteiger charge is -2.11. The molecule has 0 unspecified atom stereocenters. The number of aryl methyl sites for hydroxylation is 2. The number of H-pyrrole nitrogens is 1. The third kappa shape index (κ3) is 5.16. The predicted octanol–water partition coefficient (Wildman–Crippen LogP) is 4.62. The highest BCUT2D eigenvalue weighted by atomic mass is 32.2. The van der Waals surface area contributed by atoms with Gasteiger partial charge in [0.05, 0.1) is 41.3 Å². The molecule has 0 bridgehead atoms. The highest BCUT2D eigenvalue weighted by molar-refractivity contribution is 7.92. The molecular formula is C26H22F2N6O4S. The largest absolute Gasteiger partial charge is 0.436 e. The minimum atomic E-state index is -3.48. The number of nitrogens with two attached hydrogens (primary N) is 1. The van der Waals surface area contributed by atoms with Crippen molar-refractivity contribution in [2.45, 2.75) is 13.8 Å². The number of sulfonamides is 1. The van der Waals surface area contributed by atoms with Crippen molar-refractivity contribution in [3.63, 3.8) is 0 Å².